The number of rotatable bonds is 4. The van der Waals surface area contributed by atoms with Crippen LogP contribution in [0, 0.1) is 17.0 Å². The molecule has 0 spiro atoms. The first-order valence-corrected chi connectivity index (χ1v) is 6.70. The van der Waals surface area contributed by atoms with E-state index >= 15 is 0 Å². The Bertz CT molecular complexity index is 730. The molecule has 0 aliphatic carbocycles. The van der Waals surface area contributed by atoms with Gasteiger partial charge in [0.15, 0.2) is 0 Å². The van der Waals surface area contributed by atoms with Gasteiger partial charge in [0.2, 0.25) is 0 Å². The standard InChI is InChI=1S/C11H8ClN5O3S/c1-6-10(21-16-14-6)11(18)15-13-5-7-2-3-8(12)9(4-7)17(19)20/h2-5H,1H3,(H,15,18)/b13-5+. The summed E-state index contributed by atoms with van der Waals surface area (Å²) in [6, 6.07) is 4.20. The minimum Gasteiger partial charge on any atom is -0.266 e. The van der Waals surface area contributed by atoms with E-state index in [0.29, 0.717) is 16.1 Å². The van der Waals surface area contributed by atoms with E-state index in [1.54, 1.807) is 13.0 Å². The highest BCUT2D eigenvalue weighted by Crippen LogP contribution is 2.24. The summed E-state index contributed by atoms with van der Waals surface area (Å²) in [5.41, 5.74) is 3.01. The highest BCUT2D eigenvalue weighted by atomic mass is 35.5. The van der Waals surface area contributed by atoms with Crippen molar-refractivity contribution >= 4 is 40.9 Å². The molecule has 2 rings (SSSR count). The second kappa shape index (κ2) is 6.37. The fraction of sp³-hybridized carbons (Fsp3) is 0.0909. The van der Waals surface area contributed by atoms with Gasteiger partial charge >= 0.3 is 0 Å². The molecule has 1 heterocycles. The maximum absolute atomic E-state index is 11.7. The number of nitro groups is 1. The van der Waals surface area contributed by atoms with Crippen LogP contribution in [0.5, 0.6) is 0 Å². The fourth-order valence-electron chi connectivity index (χ4n) is 1.41. The van der Waals surface area contributed by atoms with Crippen LogP contribution in [0.3, 0.4) is 0 Å². The average Bonchev–Trinajstić information content (AvgIpc) is 2.86. The van der Waals surface area contributed by atoms with Crippen LogP contribution >= 0.6 is 23.1 Å². The monoisotopic (exact) mass is 325 g/mol. The third-order valence-corrected chi connectivity index (χ3v) is 3.55. The lowest BCUT2D eigenvalue weighted by molar-refractivity contribution is -0.384. The van der Waals surface area contributed by atoms with Crippen LogP contribution in [0.4, 0.5) is 5.69 Å². The maximum atomic E-state index is 11.7. The lowest BCUT2D eigenvalue weighted by Gasteiger charge is -1.98. The van der Waals surface area contributed by atoms with Gasteiger partial charge in [-0.15, -0.1) is 5.10 Å². The van der Waals surface area contributed by atoms with Crippen molar-refractivity contribution in [2.45, 2.75) is 6.92 Å². The number of carbonyl (C=O) groups is 1. The Morgan fingerprint density at radius 3 is 2.95 bits per heavy atom. The number of hydrogen-bond acceptors (Lipinski definition) is 7. The number of nitrogens with zero attached hydrogens (tertiary/aromatic N) is 4. The topological polar surface area (TPSA) is 110 Å². The third kappa shape index (κ3) is 3.58. The zero-order chi connectivity index (χ0) is 15.4. The van der Waals surface area contributed by atoms with Gasteiger partial charge in [-0.1, -0.05) is 22.2 Å². The first-order valence-electron chi connectivity index (χ1n) is 5.55. The molecule has 2 aromatic rings. The average molecular weight is 326 g/mol. The summed E-state index contributed by atoms with van der Waals surface area (Å²) in [5, 5.41) is 18.2. The Morgan fingerprint density at radius 1 is 1.57 bits per heavy atom. The van der Waals surface area contributed by atoms with Crippen molar-refractivity contribution < 1.29 is 9.72 Å². The van der Waals surface area contributed by atoms with Crippen molar-refractivity contribution in [3.63, 3.8) is 0 Å². The molecule has 8 nitrogen and oxygen atoms in total. The largest absolute Gasteiger partial charge is 0.288 e. The quantitative estimate of drug-likeness (QED) is 0.526. The molecule has 1 aromatic carbocycles. The van der Waals surface area contributed by atoms with Gasteiger partial charge in [0, 0.05) is 11.6 Å². The predicted molar refractivity (Wildman–Crippen MR) is 77.8 cm³/mol. The Kier molecular flexibility index (Phi) is 4.55. The molecule has 0 radical (unpaired) electrons. The van der Waals surface area contributed by atoms with Crippen molar-refractivity contribution in [2.24, 2.45) is 5.10 Å². The van der Waals surface area contributed by atoms with Crippen LogP contribution in [0.25, 0.3) is 0 Å². The summed E-state index contributed by atoms with van der Waals surface area (Å²) in [7, 11) is 0. The van der Waals surface area contributed by atoms with E-state index in [1.807, 2.05) is 0 Å². The van der Waals surface area contributed by atoms with Crippen LogP contribution in [-0.4, -0.2) is 26.6 Å². The summed E-state index contributed by atoms with van der Waals surface area (Å²) >= 11 is 6.65. The number of benzene rings is 1. The van der Waals surface area contributed by atoms with Crippen molar-refractivity contribution in [1.82, 2.24) is 15.0 Å². The number of hydrazone groups is 1. The van der Waals surface area contributed by atoms with Crippen LogP contribution < -0.4 is 5.43 Å². The van der Waals surface area contributed by atoms with E-state index in [2.05, 4.69) is 20.1 Å². The van der Waals surface area contributed by atoms with Crippen LogP contribution in [0.15, 0.2) is 23.3 Å². The van der Waals surface area contributed by atoms with Crippen molar-refractivity contribution in [3.8, 4) is 0 Å². The molecule has 0 atom stereocenters. The molecular formula is C11H8ClN5O3S. The number of aromatic nitrogens is 2. The van der Waals surface area contributed by atoms with Crippen molar-refractivity contribution in [2.75, 3.05) is 0 Å². The normalized spacial score (nSPS) is 10.8. The highest BCUT2D eigenvalue weighted by molar-refractivity contribution is 7.07. The number of halogens is 1. The molecule has 21 heavy (non-hydrogen) atoms. The van der Waals surface area contributed by atoms with Crippen molar-refractivity contribution in [3.05, 3.63) is 49.5 Å². The van der Waals surface area contributed by atoms with Gasteiger partial charge in [0.05, 0.1) is 16.8 Å². The minimum atomic E-state index is -0.593. The Hall–Kier alpha value is -2.39. The number of nitro benzene ring substituents is 1. The van der Waals surface area contributed by atoms with E-state index in [9.17, 15) is 14.9 Å². The SMILES string of the molecule is Cc1nnsc1C(=O)N/N=C/c1ccc(Cl)c([N+](=O)[O-])c1. The van der Waals surface area contributed by atoms with Crippen LogP contribution in [0.1, 0.15) is 20.9 Å². The second-order valence-corrected chi connectivity index (χ2v) is 5.02. The predicted octanol–water partition coefficient (Wildman–Crippen LogP) is 2.17. The summed E-state index contributed by atoms with van der Waals surface area (Å²) in [5.74, 6) is -0.442. The number of nitrogens with one attached hydrogen (secondary N) is 1. The minimum absolute atomic E-state index is 0.0348. The lowest BCUT2D eigenvalue weighted by Crippen LogP contribution is -2.17. The van der Waals surface area contributed by atoms with Gasteiger partial charge in [-0.25, -0.2) is 5.43 Å². The molecule has 0 saturated carbocycles. The zero-order valence-electron chi connectivity index (χ0n) is 10.6. The van der Waals surface area contributed by atoms with E-state index in [-0.39, 0.29) is 10.7 Å². The van der Waals surface area contributed by atoms with E-state index < -0.39 is 10.8 Å². The van der Waals surface area contributed by atoms with Crippen LogP contribution in [-0.2, 0) is 0 Å². The number of hydrogen-bond donors (Lipinski definition) is 1. The number of amides is 1. The number of aryl methyl sites for hydroxylation is 1. The van der Waals surface area contributed by atoms with Gasteiger partial charge in [-0.2, -0.15) is 5.10 Å². The van der Waals surface area contributed by atoms with Gasteiger partial charge in [0.1, 0.15) is 9.90 Å². The highest BCUT2D eigenvalue weighted by Gasteiger charge is 2.13. The molecule has 0 bridgehead atoms. The molecule has 10 heteroatoms. The lowest BCUT2D eigenvalue weighted by atomic mass is 10.2. The molecule has 1 amide bonds. The van der Waals surface area contributed by atoms with E-state index in [4.69, 9.17) is 11.6 Å². The molecule has 0 aliphatic rings. The smallest absolute Gasteiger partial charge is 0.266 e. The fourth-order valence-corrected chi connectivity index (χ4v) is 2.14. The molecule has 0 unspecified atom stereocenters. The second-order valence-electron chi connectivity index (χ2n) is 3.85. The molecular weight excluding hydrogens is 318 g/mol. The van der Waals surface area contributed by atoms with Gasteiger partial charge < -0.3 is 0 Å². The van der Waals surface area contributed by atoms with Gasteiger partial charge in [-0.3, -0.25) is 14.9 Å². The first-order chi connectivity index (χ1) is 9.99. The first kappa shape index (κ1) is 15.0. The molecule has 1 N–H and O–H groups in total. The maximum Gasteiger partial charge on any atom is 0.288 e. The molecule has 0 fully saturated rings. The Balaban J connectivity index is 2.08. The molecule has 1 aromatic heterocycles. The van der Waals surface area contributed by atoms with E-state index in [1.165, 1.54) is 18.3 Å². The summed E-state index contributed by atoms with van der Waals surface area (Å²) in [6.07, 6.45) is 1.28. The van der Waals surface area contributed by atoms with E-state index in [0.717, 1.165) is 11.5 Å². The third-order valence-electron chi connectivity index (χ3n) is 2.40. The summed E-state index contributed by atoms with van der Waals surface area (Å²) in [4.78, 5) is 22.2. The molecule has 108 valence electrons. The van der Waals surface area contributed by atoms with Crippen molar-refractivity contribution in [1.29, 1.82) is 0 Å². The Morgan fingerprint density at radius 2 is 2.33 bits per heavy atom. The zero-order valence-corrected chi connectivity index (χ0v) is 12.2. The summed E-state index contributed by atoms with van der Waals surface area (Å²) in [6.45, 7) is 1.66. The Labute approximate surface area is 127 Å². The molecule has 0 aliphatic heterocycles. The van der Waals surface area contributed by atoms with Gasteiger partial charge in [-0.05, 0) is 24.5 Å². The van der Waals surface area contributed by atoms with Gasteiger partial charge in [0.25, 0.3) is 11.6 Å². The summed E-state index contributed by atoms with van der Waals surface area (Å²) < 4.78 is 3.64. The molecule has 0 saturated heterocycles. The van der Waals surface area contributed by atoms with Crippen LogP contribution in [0.2, 0.25) is 5.02 Å². The number of carbonyl (C=O) groups excluding carboxylic acids is 1.